The molecule has 40 heavy (non-hydrogen) atoms. The van der Waals surface area contributed by atoms with E-state index in [1.54, 1.807) is 0 Å². The zero-order valence-corrected chi connectivity index (χ0v) is 25.7. The maximum atomic E-state index is 14.5. The number of hydrogen-bond acceptors (Lipinski definition) is 4. The smallest absolute Gasteiger partial charge is 0.204 e. The molecule has 3 aromatic carbocycles. The van der Waals surface area contributed by atoms with E-state index in [2.05, 4.69) is 114 Å². The Morgan fingerprint density at radius 2 is 0.950 bits per heavy atom. The van der Waals surface area contributed by atoms with Gasteiger partial charge in [0.15, 0.2) is 0 Å². The first-order valence-electron chi connectivity index (χ1n) is 15.4. The van der Waals surface area contributed by atoms with Gasteiger partial charge < -0.3 is 9.80 Å². The number of benzene rings is 2. The summed E-state index contributed by atoms with van der Waals surface area (Å²) < 4.78 is 0. The molecule has 0 aromatic heterocycles. The van der Waals surface area contributed by atoms with Crippen LogP contribution < -0.4 is 31.1 Å². The predicted octanol–water partition coefficient (Wildman–Crippen LogP) is 6.25. The molecule has 0 aliphatic carbocycles. The summed E-state index contributed by atoms with van der Waals surface area (Å²) in [6.45, 7) is 17.5. The highest BCUT2D eigenvalue weighted by atomic mass is 16.1. The molecule has 0 amide bonds. The van der Waals surface area contributed by atoms with Crippen molar-refractivity contribution in [3.63, 3.8) is 0 Å². The maximum absolute atomic E-state index is 14.5. The van der Waals surface area contributed by atoms with Crippen LogP contribution in [0.5, 0.6) is 0 Å². The van der Waals surface area contributed by atoms with Crippen LogP contribution >= 0.6 is 0 Å². The molecule has 4 heteroatoms. The van der Waals surface area contributed by atoms with Crippen molar-refractivity contribution < 1.29 is 0 Å². The van der Waals surface area contributed by atoms with Crippen molar-refractivity contribution in [3.8, 4) is 0 Å². The number of rotatable bonds is 8. The maximum Gasteiger partial charge on any atom is 0.204 e. The Morgan fingerprint density at radius 3 is 1.27 bits per heavy atom. The molecule has 0 radical (unpaired) electrons. The Labute approximate surface area is 239 Å². The van der Waals surface area contributed by atoms with Crippen LogP contribution in [-0.4, -0.2) is 12.1 Å². The first-order chi connectivity index (χ1) is 19.1. The van der Waals surface area contributed by atoms with Gasteiger partial charge >= 0.3 is 0 Å². The number of anilines is 2. The van der Waals surface area contributed by atoms with Gasteiger partial charge in [-0.3, -0.25) is 9.59 Å². The Morgan fingerprint density at radius 1 is 0.600 bits per heavy atom. The van der Waals surface area contributed by atoms with E-state index in [4.69, 9.17) is 0 Å². The fourth-order valence-electron chi connectivity index (χ4n) is 7.67. The number of hydrogen-bond donors (Lipinski definition) is 0. The number of para-hydroxylation sites is 2. The third kappa shape index (κ3) is 3.93. The third-order valence-electron chi connectivity index (χ3n) is 9.64. The van der Waals surface area contributed by atoms with Gasteiger partial charge in [0.2, 0.25) is 10.9 Å². The van der Waals surface area contributed by atoms with E-state index in [0.717, 1.165) is 61.3 Å². The van der Waals surface area contributed by atoms with Crippen molar-refractivity contribution in [1.82, 2.24) is 0 Å². The average Bonchev–Trinajstić information content (AvgIpc) is 3.30. The summed E-state index contributed by atoms with van der Waals surface area (Å²) in [5, 5.41) is 0.794. The first kappa shape index (κ1) is 28.4. The van der Waals surface area contributed by atoms with Gasteiger partial charge in [-0.1, -0.05) is 105 Å². The summed E-state index contributed by atoms with van der Waals surface area (Å²) >= 11 is 0. The molecular weight excluding hydrogens is 492 g/mol. The molecule has 212 valence electrons. The minimum absolute atomic E-state index is 0.0792. The van der Waals surface area contributed by atoms with Crippen LogP contribution in [-0.2, 0) is 10.8 Å². The molecular formula is C36H46N2O2. The molecule has 0 bridgehead atoms. The molecule has 2 unspecified atom stereocenters. The normalized spacial score (nSPS) is 18.8. The minimum Gasteiger partial charge on any atom is -0.340 e. The van der Waals surface area contributed by atoms with Gasteiger partial charge in [0.1, 0.15) is 0 Å². The van der Waals surface area contributed by atoms with E-state index in [9.17, 15) is 9.59 Å². The van der Waals surface area contributed by atoms with Crippen LogP contribution in [0.3, 0.4) is 0 Å². The lowest BCUT2D eigenvalue weighted by Crippen LogP contribution is -2.69. The third-order valence-corrected chi connectivity index (χ3v) is 9.64. The summed E-state index contributed by atoms with van der Waals surface area (Å²) in [5.41, 5.74) is 5.43. The highest BCUT2D eigenvalue weighted by Crippen LogP contribution is 2.51. The van der Waals surface area contributed by atoms with Crippen LogP contribution in [0.1, 0.15) is 105 Å². The highest BCUT2D eigenvalue weighted by Gasteiger charge is 2.47. The monoisotopic (exact) mass is 538 g/mol. The average molecular weight is 539 g/mol. The molecule has 0 saturated heterocycles. The predicted molar refractivity (Wildman–Crippen MR) is 169 cm³/mol. The van der Waals surface area contributed by atoms with Crippen molar-refractivity contribution >= 4 is 22.8 Å². The van der Waals surface area contributed by atoms with Crippen LogP contribution in [0, 0.1) is 0 Å². The Hall–Kier alpha value is -3.14. The zero-order valence-electron chi connectivity index (χ0n) is 25.7. The number of nitrogens with zero attached hydrogens (tertiary/aromatic N) is 2. The SMILES string of the molecule is CCCC(CC)N1C(=c2c(=O)c(=C3N(C(CC)CCC)c4ccccc4C3(C)C)c2=O)C(C)(C)c2ccccc21. The van der Waals surface area contributed by atoms with Crippen molar-refractivity contribution in [3.05, 3.63) is 90.5 Å². The molecule has 3 aromatic rings. The van der Waals surface area contributed by atoms with Gasteiger partial charge in [-0.25, -0.2) is 0 Å². The van der Waals surface area contributed by atoms with Gasteiger partial charge in [-0.2, -0.15) is 0 Å². The largest absolute Gasteiger partial charge is 0.340 e. The lowest BCUT2D eigenvalue weighted by atomic mass is 9.80. The fraction of sp³-hybridized carbons (Fsp3) is 0.500. The highest BCUT2D eigenvalue weighted by molar-refractivity contribution is 5.89. The number of fused-ring (bicyclic) bond motifs is 2. The van der Waals surface area contributed by atoms with E-state index < -0.39 is 10.8 Å². The molecule has 4 nitrogen and oxygen atoms in total. The van der Waals surface area contributed by atoms with Gasteiger partial charge in [-0.05, 0) is 48.9 Å². The molecule has 2 heterocycles. The van der Waals surface area contributed by atoms with E-state index in [1.165, 1.54) is 11.1 Å². The Kier molecular flexibility index (Phi) is 7.35. The van der Waals surface area contributed by atoms with Gasteiger partial charge in [0.05, 0.1) is 10.4 Å². The van der Waals surface area contributed by atoms with E-state index >= 15 is 0 Å². The molecule has 2 atom stereocenters. The summed E-state index contributed by atoms with van der Waals surface area (Å²) in [6, 6.07) is 17.4. The molecule has 2 aliphatic heterocycles. The lowest BCUT2D eigenvalue weighted by molar-refractivity contribution is 0.562. The lowest BCUT2D eigenvalue weighted by Gasteiger charge is -2.35. The quantitative estimate of drug-likeness (QED) is 0.340. The topological polar surface area (TPSA) is 40.6 Å². The Bertz CT molecular complexity index is 1470. The molecule has 0 N–H and O–H groups in total. The van der Waals surface area contributed by atoms with Crippen molar-refractivity contribution in [2.75, 3.05) is 9.80 Å². The molecule has 5 rings (SSSR count). The van der Waals surface area contributed by atoms with E-state index in [0.29, 0.717) is 10.4 Å². The standard InChI is InChI=1S/C36H46N2O2/c1-9-17-23(11-3)37-27-21-15-13-19-25(27)35(5,6)33(37)29-31(39)30(32(29)40)34-36(7,8)26-20-14-16-22-28(26)38(34)24(12-4)18-10-2/h13-16,19-24H,9-12,17-18H2,1-8H3. The minimum atomic E-state index is -0.434. The van der Waals surface area contributed by atoms with Gasteiger partial charge in [0.25, 0.3) is 0 Å². The summed E-state index contributed by atoms with van der Waals surface area (Å²) in [5.74, 6) is 0. The second-order valence-corrected chi connectivity index (χ2v) is 12.8. The van der Waals surface area contributed by atoms with Gasteiger partial charge in [0, 0.05) is 45.7 Å². The first-order valence-corrected chi connectivity index (χ1v) is 15.4. The molecule has 0 spiro atoms. The molecule has 0 fully saturated rings. The molecule has 0 saturated carbocycles. The van der Waals surface area contributed by atoms with Crippen molar-refractivity contribution in [1.29, 1.82) is 0 Å². The zero-order chi connectivity index (χ0) is 29.0. The van der Waals surface area contributed by atoms with Crippen molar-refractivity contribution in [2.45, 2.75) is 117 Å². The van der Waals surface area contributed by atoms with Crippen LogP contribution in [0.4, 0.5) is 11.4 Å². The Balaban J connectivity index is 1.86. The van der Waals surface area contributed by atoms with E-state index in [1.807, 2.05) is 0 Å². The summed E-state index contributed by atoms with van der Waals surface area (Å²) in [6.07, 6.45) is 6.04. The second kappa shape index (κ2) is 10.4. The van der Waals surface area contributed by atoms with Crippen LogP contribution in [0.25, 0.3) is 11.4 Å². The van der Waals surface area contributed by atoms with E-state index in [-0.39, 0.29) is 22.9 Å². The summed E-state index contributed by atoms with van der Waals surface area (Å²) in [4.78, 5) is 33.6. The summed E-state index contributed by atoms with van der Waals surface area (Å²) in [7, 11) is 0. The van der Waals surface area contributed by atoms with Gasteiger partial charge in [-0.15, -0.1) is 0 Å². The second-order valence-electron chi connectivity index (χ2n) is 12.8. The van der Waals surface area contributed by atoms with Crippen molar-refractivity contribution in [2.24, 2.45) is 0 Å². The van der Waals surface area contributed by atoms with Crippen LogP contribution in [0.2, 0.25) is 0 Å². The molecule has 2 aliphatic rings. The fourth-order valence-corrected chi connectivity index (χ4v) is 7.67. The van der Waals surface area contributed by atoms with Crippen LogP contribution in [0.15, 0.2) is 58.1 Å².